The lowest BCUT2D eigenvalue weighted by Gasteiger charge is -2.14. The molecule has 0 heterocycles. The van der Waals surface area contributed by atoms with Gasteiger partial charge in [0.2, 0.25) is 6.41 Å². The van der Waals surface area contributed by atoms with E-state index in [1.807, 2.05) is 11.8 Å². The van der Waals surface area contributed by atoms with Gasteiger partial charge in [-0.1, -0.05) is 6.92 Å². The normalized spacial score (nSPS) is 10.8. The Kier molecular flexibility index (Phi) is 17.9. The highest BCUT2D eigenvalue weighted by Crippen LogP contribution is 1.92. The van der Waals surface area contributed by atoms with Gasteiger partial charge in [-0.25, -0.2) is 0 Å². The third-order valence-electron chi connectivity index (χ3n) is 3.77. The largest absolute Gasteiger partial charge is 0.346 e. The number of amides is 1. The first-order chi connectivity index (χ1) is 10.8. The molecule has 0 atom stereocenters. The van der Waals surface area contributed by atoms with Crippen molar-refractivity contribution in [3.05, 3.63) is 0 Å². The third kappa shape index (κ3) is 15.7. The van der Waals surface area contributed by atoms with Crippen LogP contribution in [0.15, 0.2) is 0 Å². The lowest BCUT2D eigenvalue weighted by Crippen LogP contribution is -2.24. The summed E-state index contributed by atoms with van der Waals surface area (Å²) < 4.78 is 0. The summed E-state index contributed by atoms with van der Waals surface area (Å²) >= 11 is 0. The molecule has 0 saturated heterocycles. The van der Waals surface area contributed by atoms with Gasteiger partial charge in [0, 0.05) is 13.1 Å². The summed E-state index contributed by atoms with van der Waals surface area (Å²) in [6.45, 7) is 12.5. The van der Waals surface area contributed by atoms with Crippen LogP contribution in [-0.2, 0) is 4.79 Å². The molecule has 0 aliphatic rings. The Balaban J connectivity index is 3.04. The maximum atomic E-state index is 10.6. The number of hydrogen-bond acceptors (Lipinski definition) is 4. The van der Waals surface area contributed by atoms with Crippen molar-refractivity contribution < 1.29 is 4.79 Å². The Morgan fingerprint density at radius 2 is 1.18 bits per heavy atom. The van der Waals surface area contributed by atoms with Gasteiger partial charge in [-0.2, -0.15) is 0 Å². The molecule has 0 saturated carbocycles. The van der Waals surface area contributed by atoms with Crippen molar-refractivity contribution in [3.63, 3.8) is 0 Å². The standard InChI is InChI=1S/C17H38N4O/c1-3-18-11-5-6-12-19-13-7-8-14-20-15-9-10-16-21(4-2)17-22/h17-20H,3-16H2,1-2H3. The number of rotatable bonds is 18. The number of hydrogen-bond donors (Lipinski definition) is 3. The molecule has 0 rings (SSSR count). The van der Waals surface area contributed by atoms with Crippen LogP contribution in [0.1, 0.15) is 52.4 Å². The SMILES string of the molecule is CCNCCCCNCCCCNCCCCN(C=O)CC. The van der Waals surface area contributed by atoms with Gasteiger partial charge in [0.15, 0.2) is 0 Å². The Morgan fingerprint density at radius 3 is 1.59 bits per heavy atom. The molecule has 0 unspecified atom stereocenters. The van der Waals surface area contributed by atoms with E-state index in [2.05, 4.69) is 22.9 Å². The summed E-state index contributed by atoms with van der Waals surface area (Å²) in [5.41, 5.74) is 0. The average Bonchev–Trinajstić information content (AvgIpc) is 2.55. The van der Waals surface area contributed by atoms with Crippen molar-refractivity contribution in [1.82, 2.24) is 20.9 Å². The van der Waals surface area contributed by atoms with Crippen LogP contribution in [0, 0.1) is 0 Å². The molecule has 22 heavy (non-hydrogen) atoms. The second-order valence-electron chi connectivity index (χ2n) is 5.71. The minimum absolute atomic E-state index is 0.818. The second kappa shape index (κ2) is 18.4. The first-order valence-electron chi connectivity index (χ1n) is 9.16. The van der Waals surface area contributed by atoms with Crippen LogP contribution < -0.4 is 16.0 Å². The fourth-order valence-corrected chi connectivity index (χ4v) is 2.28. The quantitative estimate of drug-likeness (QED) is 0.266. The Morgan fingerprint density at radius 1 is 0.727 bits per heavy atom. The minimum atomic E-state index is 0.818. The van der Waals surface area contributed by atoms with Crippen molar-refractivity contribution in [2.24, 2.45) is 0 Å². The molecular weight excluding hydrogens is 276 g/mol. The molecule has 5 heteroatoms. The summed E-state index contributed by atoms with van der Waals surface area (Å²) in [6.07, 6.45) is 8.20. The maximum Gasteiger partial charge on any atom is 0.209 e. The van der Waals surface area contributed by atoms with Gasteiger partial charge in [-0.05, 0) is 84.7 Å². The molecule has 0 fully saturated rings. The van der Waals surface area contributed by atoms with E-state index in [4.69, 9.17) is 0 Å². The highest BCUT2D eigenvalue weighted by atomic mass is 16.1. The van der Waals surface area contributed by atoms with Gasteiger partial charge in [0.05, 0.1) is 0 Å². The van der Waals surface area contributed by atoms with Gasteiger partial charge in [0.25, 0.3) is 0 Å². The molecule has 0 aliphatic heterocycles. The first-order valence-corrected chi connectivity index (χ1v) is 9.16. The highest BCUT2D eigenvalue weighted by Gasteiger charge is 1.97. The number of carbonyl (C=O) groups is 1. The van der Waals surface area contributed by atoms with Crippen LogP contribution in [0.25, 0.3) is 0 Å². The fraction of sp³-hybridized carbons (Fsp3) is 0.941. The van der Waals surface area contributed by atoms with E-state index in [0.717, 1.165) is 71.6 Å². The number of nitrogens with one attached hydrogen (secondary N) is 3. The lowest BCUT2D eigenvalue weighted by molar-refractivity contribution is -0.118. The van der Waals surface area contributed by atoms with Crippen LogP contribution >= 0.6 is 0 Å². The Hall–Kier alpha value is -0.650. The van der Waals surface area contributed by atoms with Crippen LogP contribution in [0.2, 0.25) is 0 Å². The minimum Gasteiger partial charge on any atom is -0.346 e. The Labute approximate surface area is 137 Å². The van der Waals surface area contributed by atoms with Crippen molar-refractivity contribution in [1.29, 1.82) is 0 Å². The zero-order chi connectivity index (χ0) is 16.3. The van der Waals surface area contributed by atoms with Crippen LogP contribution in [0.4, 0.5) is 0 Å². The van der Waals surface area contributed by atoms with E-state index in [1.54, 1.807) is 0 Å². The van der Waals surface area contributed by atoms with Gasteiger partial charge in [-0.15, -0.1) is 0 Å². The molecule has 0 bridgehead atoms. The van der Waals surface area contributed by atoms with E-state index in [-0.39, 0.29) is 0 Å². The topological polar surface area (TPSA) is 56.4 Å². The summed E-state index contributed by atoms with van der Waals surface area (Å²) in [5, 5.41) is 10.3. The van der Waals surface area contributed by atoms with Crippen molar-refractivity contribution in [3.8, 4) is 0 Å². The molecule has 0 radical (unpaired) electrons. The molecule has 0 aromatic carbocycles. The molecule has 0 aromatic heterocycles. The van der Waals surface area contributed by atoms with E-state index in [0.29, 0.717) is 0 Å². The van der Waals surface area contributed by atoms with Gasteiger partial charge in [0.1, 0.15) is 0 Å². The van der Waals surface area contributed by atoms with E-state index < -0.39 is 0 Å². The molecule has 0 spiro atoms. The zero-order valence-corrected chi connectivity index (χ0v) is 14.8. The van der Waals surface area contributed by atoms with Crippen LogP contribution in [0.5, 0.6) is 0 Å². The fourth-order valence-electron chi connectivity index (χ4n) is 2.28. The molecule has 0 aliphatic carbocycles. The van der Waals surface area contributed by atoms with Crippen LogP contribution in [0.3, 0.4) is 0 Å². The molecule has 1 amide bonds. The lowest BCUT2D eigenvalue weighted by atomic mass is 10.2. The van der Waals surface area contributed by atoms with Crippen molar-refractivity contribution >= 4 is 6.41 Å². The maximum absolute atomic E-state index is 10.6. The van der Waals surface area contributed by atoms with Gasteiger partial charge in [-0.3, -0.25) is 4.79 Å². The highest BCUT2D eigenvalue weighted by molar-refractivity contribution is 5.46. The summed E-state index contributed by atoms with van der Waals surface area (Å²) in [7, 11) is 0. The Bertz CT molecular complexity index is 227. The zero-order valence-electron chi connectivity index (χ0n) is 14.8. The molecule has 132 valence electrons. The number of unbranched alkanes of at least 4 members (excludes halogenated alkanes) is 3. The van der Waals surface area contributed by atoms with E-state index in [1.165, 1.54) is 25.7 Å². The van der Waals surface area contributed by atoms with Crippen molar-refractivity contribution in [2.75, 3.05) is 52.4 Å². The first kappa shape index (κ1) is 21.4. The van der Waals surface area contributed by atoms with Gasteiger partial charge >= 0.3 is 0 Å². The number of carbonyl (C=O) groups excluding carboxylic acids is 1. The van der Waals surface area contributed by atoms with Crippen LogP contribution in [-0.4, -0.2) is 63.7 Å². The molecule has 0 aromatic rings. The smallest absolute Gasteiger partial charge is 0.209 e. The summed E-state index contributed by atoms with van der Waals surface area (Å²) in [4.78, 5) is 12.4. The molecular formula is C17H38N4O. The molecule has 5 nitrogen and oxygen atoms in total. The van der Waals surface area contributed by atoms with E-state index in [9.17, 15) is 4.79 Å². The molecule has 3 N–H and O–H groups in total. The number of nitrogens with zero attached hydrogens (tertiary/aromatic N) is 1. The van der Waals surface area contributed by atoms with Gasteiger partial charge < -0.3 is 20.9 Å². The summed E-state index contributed by atoms with van der Waals surface area (Å²) in [6, 6.07) is 0. The predicted molar refractivity (Wildman–Crippen MR) is 95.3 cm³/mol. The van der Waals surface area contributed by atoms with E-state index >= 15 is 0 Å². The monoisotopic (exact) mass is 314 g/mol. The summed E-state index contributed by atoms with van der Waals surface area (Å²) in [5.74, 6) is 0. The van der Waals surface area contributed by atoms with Crippen molar-refractivity contribution in [2.45, 2.75) is 52.4 Å². The average molecular weight is 315 g/mol. The third-order valence-corrected chi connectivity index (χ3v) is 3.77. The predicted octanol–water partition coefficient (Wildman–Crippen LogP) is 1.59. The second-order valence-corrected chi connectivity index (χ2v) is 5.71.